The molecule has 2 saturated heterocycles. The molecule has 1 amide bonds. The Labute approximate surface area is 197 Å². The van der Waals surface area contributed by atoms with E-state index < -0.39 is 0 Å². The summed E-state index contributed by atoms with van der Waals surface area (Å²) in [6.45, 7) is 5.12. The molecule has 2 aliphatic heterocycles. The number of ether oxygens (including phenoxy) is 1. The van der Waals surface area contributed by atoms with Gasteiger partial charge >= 0.3 is 0 Å². The molecule has 0 N–H and O–H groups in total. The second-order valence-electron chi connectivity index (χ2n) is 9.07. The third-order valence-electron chi connectivity index (χ3n) is 6.85. The number of aryl methyl sites for hydroxylation is 1. The largest absolute Gasteiger partial charge is 0.497 e. The van der Waals surface area contributed by atoms with Crippen molar-refractivity contribution >= 4 is 22.8 Å². The first-order valence-corrected chi connectivity index (χ1v) is 11.4. The quantitative estimate of drug-likeness (QED) is 0.467. The number of nitrogens with zero attached hydrogens (tertiary/aromatic N) is 7. The summed E-state index contributed by atoms with van der Waals surface area (Å²) in [6, 6.07) is 11.6. The molecule has 34 heavy (non-hydrogen) atoms. The van der Waals surface area contributed by atoms with E-state index in [1.807, 2.05) is 54.4 Å². The Kier molecular flexibility index (Phi) is 4.90. The number of carbonyl (C=O) groups is 1. The molecule has 2 aromatic heterocycles. The third-order valence-corrected chi connectivity index (χ3v) is 6.85. The zero-order valence-electron chi connectivity index (χ0n) is 19.1. The summed E-state index contributed by atoms with van der Waals surface area (Å²) in [4.78, 5) is 28.6. The van der Waals surface area contributed by atoms with Crippen LogP contribution in [-0.4, -0.2) is 69.1 Å². The van der Waals surface area contributed by atoms with Gasteiger partial charge < -0.3 is 14.5 Å². The van der Waals surface area contributed by atoms with E-state index in [1.165, 1.54) is 4.80 Å². The smallest absolute Gasteiger partial charge is 0.256 e. The molecule has 2 aromatic carbocycles. The molecule has 9 nitrogen and oxygen atoms in total. The van der Waals surface area contributed by atoms with Crippen molar-refractivity contribution in [2.24, 2.45) is 11.8 Å². The Morgan fingerprint density at radius 3 is 2.50 bits per heavy atom. The van der Waals surface area contributed by atoms with E-state index in [4.69, 9.17) is 9.72 Å². The molecule has 0 saturated carbocycles. The van der Waals surface area contributed by atoms with Crippen LogP contribution in [0.4, 0.5) is 5.95 Å². The number of hydrogen-bond acceptors (Lipinski definition) is 7. The van der Waals surface area contributed by atoms with Crippen molar-refractivity contribution in [3.05, 3.63) is 66.1 Å². The molecule has 2 unspecified atom stereocenters. The lowest BCUT2D eigenvalue weighted by atomic mass is 10.0. The molecule has 4 aromatic rings. The minimum absolute atomic E-state index is 0.0333. The lowest BCUT2D eigenvalue weighted by molar-refractivity contribution is 0.0782. The molecule has 6 rings (SSSR count). The van der Waals surface area contributed by atoms with Crippen LogP contribution in [0.15, 0.2) is 55.0 Å². The maximum absolute atomic E-state index is 13.5. The van der Waals surface area contributed by atoms with Crippen LogP contribution in [0.2, 0.25) is 0 Å². The van der Waals surface area contributed by atoms with Gasteiger partial charge in [-0.05, 0) is 31.2 Å². The van der Waals surface area contributed by atoms with Crippen LogP contribution in [-0.2, 0) is 0 Å². The zero-order valence-corrected chi connectivity index (χ0v) is 19.1. The number of hydrogen-bond donors (Lipinski definition) is 0. The summed E-state index contributed by atoms with van der Waals surface area (Å²) in [5.74, 6) is 2.34. The average Bonchev–Trinajstić information content (AvgIpc) is 3.60. The van der Waals surface area contributed by atoms with Crippen molar-refractivity contribution in [2.75, 3.05) is 38.2 Å². The highest BCUT2D eigenvalue weighted by Crippen LogP contribution is 2.34. The molecule has 0 bridgehead atoms. The van der Waals surface area contributed by atoms with Crippen LogP contribution in [0.1, 0.15) is 15.9 Å². The Bertz CT molecular complexity index is 1360. The molecule has 172 valence electrons. The minimum Gasteiger partial charge on any atom is -0.497 e. The van der Waals surface area contributed by atoms with Gasteiger partial charge in [0.1, 0.15) is 5.75 Å². The molecule has 4 heterocycles. The number of amides is 1. The molecule has 0 spiro atoms. The summed E-state index contributed by atoms with van der Waals surface area (Å²) in [6.07, 6.45) is 5.10. The third kappa shape index (κ3) is 3.53. The van der Waals surface area contributed by atoms with Gasteiger partial charge in [-0.1, -0.05) is 11.6 Å². The monoisotopic (exact) mass is 455 g/mol. The topological polar surface area (TPSA) is 89.3 Å². The predicted molar refractivity (Wildman–Crippen MR) is 127 cm³/mol. The molecule has 2 atom stereocenters. The molecule has 2 fully saturated rings. The molecular formula is C25H25N7O2. The first kappa shape index (κ1) is 20.6. The fraction of sp³-hybridized carbons (Fsp3) is 0.320. The van der Waals surface area contributed by atoms with Crippen molar-refractivity contribution in [1.29, 1.82) is 0 Å². The Hall–Kier alpha value is -4.01. The lowest BCUT2D eigenvalue weighted by Crippen LogP contribution is -2.34. The molecular weight excluding hydrogens is 430 g/mol. The van der Waals surface area contributed by atoms with Gasteiger partial charge in [-0.15, -0.1) is 0 Å². The van der Waals surface area contributed by atoms with E-state index in [9.17, 15) is 4.79 Å². The van der Waals surface area contributed by atoms with Crippen LogP contribution in [0.3, 0.4) is 0 Å². The van der Waals surface area contributed by atoms with Gasteiger partial charge in [-0.3, -0.25) is 4.79 Å². The zero-order chi connectivity index (χ0) is 23.2. The molecule has 9 heteroatoms. The van der Waals surface area contributed by atoms with Gasteiger partial charge in [0.05, 0.1) is 36.3 Å². The molecule has 0 aliphatic carbocycles. The van der Waals surface area contributed by atoms with Crippen molar-refractivity contribution < 1.29 is 9.53 Å². The minimum atomic E-state index is 0.0333. The highest BCUT2D eigenvalue weighted by molar-refractivity contribution is 5.98. The van der Waals surface area contributed by atoms with E-state index in [0.29, 0.717) is 23.1 Å². The van der Waals surface area contributed by atoms with E-state index >= 15 is 0 Å². The van der Waals surface area contributed by atoms with Crippen molar-refractivity contribution in [1.82, 2.24) is 29.9 Å². The second-order valence-corrected chi connectivity index (χ2v) is 9.07. The SMILES string of the molecule is COc1ccc2cnc(N3CC4CN(C(=O)c5cc(C)ccc5-n5nccn5)CC4C3)nc2c1. The number of methoxy groups -OCH3 is 1. The summed E-state index contributed by atoms with van der Waals surface area (Å²) in [5, 5.41) is 9.44. The Balaban J connectivity index is 1.19. The summed E-state index contributed by atoms with van der Waals surface area (Å²) >= 11 is 0. The van der Waals surface area contributed by atoms with Crippen molar-refractivity contribution in [2.45, 2.75) is 6.92 Å². The van der Waals surface area contributed by atoms with E-state index in [0.717, 1.165) is 54.3 Å². The fourth-order valence-corrected chi connectivity index (χ4v) is 5.10. The summed E-state index contributed by atoms with van der Waals surface area (Å²) in [7, 11) is 1.66. The predicted octanol–water partition coefficient (Wildman–Crippen LogP) is 2.74. The fourth-order valence-electron chi connectivity index (χ4n) is 5.10. The van der Waals surface area contributed by atoms with Gasteiger partial charge in [-0.2, -0.15) is 15.0 Å². The second kappa shape index (κ2) is 8.09. The lowest BCUT2D eigenvalue weighted by Gasteiger charge is -2.23. The summed E-state index contributed by atoms with van der Waals surface area (Å²) in [5.41, 5.74) is 3.26. The van der Waals surface area contributed by atoms with Crippen LogP contribution in [0, 0.1) is 18.8 Å². The number of likely N-dealkylation sites (tertiary alicyclic amines) is 1. The summed E-state index contributed by atoms with van der Waals surface area (Å²) < 4.78 is 5.34. The number of aromatic nitrogens is 5. The van der Waals surface area contributed by atoms with Crippen LogP contribution in [0.25, 0.3) is 16.6 Å². The maximum atomic E-state index is 13.5. The normalized spacial score (nSPS) is 19.6. The van der Waals surface area contributed by atoms with Crippen molar-refractivity contribution in [3.8, 4) is 11.4 Å². The van der Waals surface area contributed by atoms with Crippen LogP contribution >= 0.6 is 0 Å². The van der Waals surface area contributed by atoms with E-state index in [1.54, 1.807) is 19.5 Å². The van der Waals surface area contributed by atoms with Crippen LogP contribution < -0.4 is 9.64 Å². The molecule has 0 radical (unpaired) electrons. The number of anilines is 1. The van der Waals surface area contributed by atoms with Gasteiger partial charge in [0.15, 0.2) is 0 Å². The van der Waals surface area contributed by atoms with Crippen LogP contribution in [0.5, 0.6) is 5.75 Å². The Morgan fingerprint density at radius 1 is 1.00 bits per heavy atom. The van der Waals surface area contributed by atoms with Crippen molar-refractivity contribution in [3.63, 3.8) is 0 Å². The number of fused-ring (bicyclic) bond motifs is 2. The first-order chi connectivity index (χ1) is 16.6. The Morgan fingerprint density at radius 2 is 1.76 bits per heavy atom. The number of rotatable bonds is 4. The van der Waals surface area contributed by atoms with Gasteiger partial charge in [-0.25, -0.2) is 9.97 Å². The van der Waals surface area contributed by atoms with E-state index in [-0.39, 0.29) is 5.91 Å². The maximum Gasteiger partial charge on any atom is 0.256 e. The first-order valence-electron chi connectivity index (χ1n) is 11.4. The standard InChI is InChI=1S/C25H25N7O2/c1-16-3-6-23(32-27-7-8-28-32)21(9-16)24(33)30-12-18-14-31(15-19(18)13-30)25-26-11-17-4-5-20(34-2)10-22(17)29-25/h3-11,18-19H,12-15H2,1-2H3. The van der Waals surface area contributed by atoms with Gasteiger partial charge in [0, 0.05) is 55.7 Å². The highest BCUT2D eigenvalue weighted by atomic mass is 16.5. The average molecular weight is 456 g/mol. The van der Waals surface area contributed by atoms with Gasteiger partial charge in [0.25, 0.3) is 5.91 Å². The number of benzene rings is 2. The molecule has 2 aliphatic rings. The van der Waals surface area contributed by atoms with E-state index in [2.05, 4.69) is 20.1 Å². The van der Waals surface area contributed by atoms with Gasteiger partial charge in [0.2, 0.25) is 5.95 Å². The number of carbonyl (C=O) groups excluding carboxylic acids is 1. The highest BCUT2D eigenvalue weighted by Gasteiger charge is 2.43.